The van der Waals surface area contributed by atoms with Crippen LogP contribution in [-0.4, -0.2) is 7.11 Å². The lowest BCUT2D eigenvalue weighted by Crippen LogP contribution is -1.95. The summed E-state index contributed by atoms with van der Waals surface area (Å²) in [5.74, 6) is 0.484. The largest absolute Gasteiger partial charge is 0.495 e. The van der Waals surface area contributed by atoms with Crippen LogP contribution in [0, 0.1) is 5.82 Å². The van der Waals surface area contributed by atoms with Gasteiger partial charge in [0.2, 0.25) is 0 Å². The maximum atomic E-state index is 13.4. The van der Waals surface area contributed by atoms with Crippen molar-refractivity contribution >= 4 is 21.4 Å². The number of thiophene rings is 1. The van der Waals surface area contributed by atoms with E-state index in [0.29, 0.717) is 17.0 Å². The highest BCUT2D eigenvalue weighted by atomic mass is 32.1. The van der Waals surface area contributed by atoms with E-state index < -0.39 is 0 Å². The molecule has 74 valence electrons. The second kappa shape index (κ2) is 3.55. The summed E-state index contributed by atoms with van der Waals surface area (Å²) in [6, 6.07) is 4.96. The predicted octanol–water partition coefficient (Wildman–Crippen LogP) is 2.51. The number of halogens is 1. The number of ether oxygens (including phenoxy) is 1. The van der Waals surface area contributed by atoms with Gasteiger partial charge in [-0.2, -0.15) is 0 Å². The van der Waals surface area contributed by atoms with Crippen molar-refractivity contribution in [1.82, 2.24) is 0 Å². The molecule has 2 N–H and O–H groups in total. The quantitative estimate of drug-likeness (QED) is 0.828. The highest BCUT2D eigenvalue weighted by Gasteiger charge is 2.13. The molecule has 0 atom stereocenters. The van der Waals surface area contributed by atoms with Crippen LogP contribution in [0.15, 0.2) is 18.2 Å². The Balaban J connectivity index is 2.79. The van der Waals surface area contributed by atoms with Crippen LogP contribution < -0.4 is 10.5 Å². The van der Waals surface area contributed by atoms with Gasteiger partial charge in [-0.15, -0.1) is 11.3 Å². The van der Waals surface area contributed by atoms with E-state index in [4.69, 9.17) is 10.5 Å². The minimum Gasteiger partial charge on any atom is -0.495 e. The van der Waals surface area contributed by atoms with Gasteiger partial charge >= 0.3 is 0 Å². The number of rotatable bonds is 2. The molecule has 0 amide bonds. The second-order valence-electron chi connectivity index (χ2n) is 2.88. The number of benzene rings is 1. The standard InChI is InChI=1S/C10H10FNOS/c1-13-9-6-3-2-4-7(11)10(6)14-8(9)5-12/h2-4H,5,12H2,1H3. The van der Waals surface area contributed by atoms with Gasteiger partial charge in [-0.25, -0.2) is 4.39 Å². The van der Waals surface area contributed by atoms with Crippen molar-refractivity contribution in [3.63, 3.8) is 0 Å². The van der Waals surface area contributed by atoms with Crippen LogP contribution in [0.5, 0.6) is 5.75 Å². The van der Waals surface area contributed by atoms with Crippen LogP contribution in [-0.2, 0) is 6.54 Å². The Bertz CT molecular complexity index is 466. The van der Waals surface area contributed by atoms with E-state index in [0.717, 1.165) is 10.3 Å². The average Bonchev–Trinajstić information content (AvgIpc) is 2.57. The Labute approximate surface area is 85.1 Å². The fraction of sp³-hybridized carbons (Fsp3) is 0.200. The Morgan fingerprint density at radius 3 is 2.93 bits per heavy atom. The van der Waals surface area contributed by atoms with Gasteiger partial charge in [0, 0.05) is 11.9 Å². The monoisotopic (exact) mass is 211 g/mol. The molecule has 0 aliphatic heterocycles. The first-order valence-electron chi connectivity index (χ1n) is 4.22. The van der Waals surface area contributed by atoms with Crippen molar-refractivity contribution < 1.29 is 9.13 Å². The van der Waals surface area contributed by atoms with Crippen LogP contribution in [0.3, 0.4) is 0 Å². The average molecular weight is 211 g/mol. The molecular formula is C10H10FNOS. The maximum Gasteiger partial charge on any atom is 0.142 e. The maximum absolute atomic E-state index is 13.4. The van der Waals surface area contributed by atoms with Gasteiger partial charge in [0.05, 0.1) is 16.7 Å². The summed E-state index contributed by atoms with van der Waals surface area (Å²) in [6.07, 6.45) is 0. The Morgan fingerprint density at radius 2 is 2.29 bits per heavy atom. The molecule has 0 fully saturated rings. The minimum atomic E-state index is -0.217. The molecule has 0 aliphatic carbocycles. The van der Waals surface area contributed by atoms with Crippen molar-refractivity contribution in [2.24, 2.45) is 5.73 Å². The normalized spacial score (nSPS) is 10.8. The number of nitrogens with two attached hydrogens (primary N) is 1. The first-order valence-corrected chi connectivity index (χ1v) is 5.03. The molecule has 0 aliphatic rings. The highest BCUT2D eigenvalue weighted by Crippen LogP contribution is 2.38. The summed E-state index contributed by atoms with van der Waals surface area (Å²) >= 11 is 1.35. The van der Waals surface area contributed by atoms with Gasteiger partial charge in [-0.3, -0.25) is 0 Å². The molecule has 2 aromatic rings. The number of hydrogen-bond donors (Lipinski definition) is 1. The smallest absolute Gasteiger partial charge is 0.142 e. The van der Waals surface area contributed by atoms with E-state index in [2.05, 4.69) is 0 Å². The van der Waals surface area contributed by atoms with Gasteiger partial charge in [-0.05, 0) is 12.1 Å². The van der Waals surface area contributed by atoms with Crippen LogP contribution in [0.1, 0.15) is 4.88 Å². The zero-order valence-corrected chi connectivity index (χ0v) is 8.53. The molecule has 2 rings (SSSR count). The van der Waals surface area contributed by atoms with Gasteiger partial charge in [0.1, 0.15) is 11.6 Å². The molecule has 0 radical (unpaired) electrons. The molecule has 2 nitrogen and oxygen atoms in total. The minimum absolute atomic E-state index is 0.217. The summed E-state index contributed by atoms with van der Waals surface area (Å²) in [7, 11) is 1.57. The van der Waals surface area contributed by atoms with E-state index in [1.165, 1.54) is 17.4 Å². The Hall–Kier alpha value is -1.13. The molecule has 1 heterocycles. The van der Waals surface area contributed by atoms with Gasteiger partial charge < -0.3 is 10.5 Å². The number of methoxy groups -OCH3 is 1. The fourth-order valence-electron chi connectivity index (χ4n) is 1.47. The van der Waals surface area contributed by atoms with Crippen molar-refractivity contribution in [2.45, 2.75) is 6.54 Å². The van der Waals surface area contributed by atoms with Gasteiger partial charge in [-0.1, -0.05) is 6.07 Å². The molecule has 0 spiro atoms. The van der Waals surface area contributed by atoms with Gasteiger partial charge in [0.15, 0.2) is 0 Å². The van der Waals surface area contributed by atoms with Crippen LogP contribution in [0.4, 0.5) is 4.39 Å². The zero-order valence-electron chi connectivity index (χ0n) is 7.71. The van der Waals surface area contributed by atoms with E-state index in [1.807, 2.05) is 6.07 Å². The predicted molar refractivity (Wildman–Crippen MR) is 56.2 cm³/mol. The molecule has 14 heavy (non-hydrogen) atoms. The third kappa shape index (κ3) is 1.27. The molecule has 0 unspecified atom stereocenters. The Kier molecular flexibility index (Phi) is 2.39. The summed E-state index contributed by atoms with van der Waals surface area (Å²) in [5.41, 5.74) is 5.55. The molecule has 0 saturated carbocycles. The van der Waals surface area contributed by atoms with Crippen LogP contribution in [0.2, 0.25) is 0 Å². The van der Waals surface area contributed by atoms with Crippen molar-refractivity contribution in [1.29, 1.82) is 0 Å². The van der Waals surface area contributed by atoms with E-state index >= 15 is 0 Å². The fourth-order valence-corrected chi connectivity index (χ4v) is 2.52. The van der Waals surface area contributed by atoms with Crippen LogP contribution >= 0.6 is 11.3 Å². The summed E-state index contributed by atoms with van der Waals surface area (Å²) in [5, 5.41) is 0.804. The Morgan fingerprint density at radius 1 is 1.50 bits per heavy atom. The summed E-state index contributed by atoms with van der Waals surface area (Å²) in [6.45, 7) is 0.377. The SMILES string of the molecule is COc1c(CN)sc2c(F)cccc12. The zero-order chi connectivity index (χ0) is 10.1. The van der Waals surface area contributed by atoms with Crippen molar-refractivity contribution in [2.75, 3.05) is 7.11 Å². The first kappa shape index (κ1) is 9.43. The third-order valence-corrected chi connectivity index (χ3v) is 3.30. The number of hydrogen-bond acceptors (Lipinski definition) is 3. The summed E-state index contributed by atoms with van der Waals surface area (Å²) < 4.78 is 19.2. The lowest BCUT2D eigenvalue weighted by Gasteiger charge is -1.99. The second-order valence-corrected chi connectivity index (χ2v) is 3.98. The molecule has 4 heteroatoms. The van der Waals surface area contributed by atoms with Crippen molar-refractivity contribution in [3.8, 4) is 5.75 Å². The topological polar surface area (TPSA) is 35.2 Å². The van der Waals surface area contributed by atoms with Crippen LogP contribution in [0.25, 0.3) is 10.1 Å². The lowest BCUT2D eigenvalue weighted by molar-refractivity contribution is 0.417. The molecular weight excluding hydrogens is 201 g/mol. The molecule has 0 saturated heterocycles. The molecule has 1 aromatic carbocycles. The lowest BCUT2D eigenvalue weighted by atomic mass is 10.2. The van der Waals surface area contributed by atoms with Crippen molar-refractivity contribution in [3.05, 3.63) is 28.9 Å². The van der Waals surface area contributed by atoms with E-state index in [1.54, 1.807) is 13.2 Å². The first-order chi connectivity index (χ1) is 6.77. The van der Waals surface area contributed by atoms with E-state index in [-0.39, 0.29) is 5.82 Å². The highest BCUT2D eigenvalue weighted by molar-refractivity contribution is 7.19. The number of fused-ring (bicyclic) bond motifs is 1. The van der Waals surface area contributed by atoms with Gasteiger partial charge in [0.25, 0.3) is 0 Å². The molecule has 1 aromatic heterocycles. The molecule has 0 bridgehead atoms. The summed E-state index contributed by atoms with van der Waals surface area (Å²) in [4.78, 5) is 0.882. The third-order valence-electron chi connectivity index (χ3n) is 2.08. The van der Waals surface area contributed by atoms with E-state index in [9.17, 15) is 4.39 Å².